The van der Waals surface area contributed by atoms with E-state index in [1.54, 1.807) is 7.11 Å². The summed E-state index contributed by atoms with van der Waals surface area (Å²) in [5.74, 6) is 1.37. The minimum absolute atomic E-state index is 0.286. The highest BCUT2D eigenvalue weighted by atomic mass is 16.5. The van der Waals surface area contributed by atoms with Crippen molar-refractivity contribution in [3.05, 3.63) is 59.7 Å². The molecule has 0 aliphatic carbocycles. The predicted molar refractivity (Wildman–Crippen MR) is 73.5 cm³/mol. The fraction of sp³-hybridized carbons (Fsp3) is 0.188. The van der Waals surface area contributed by atoms with Crippen molar-refractivity contribution >= 4 is 6.29 Å². The van der Waals surface area contributed by atoms with Crippen LogP contribution in [0.15, 0.2) is 48.5 Å². The fourth-order valence-corrected chi connectivity index (χ4v) is 1.89. The van der Waals surface area contributed by atoms with Crippen LogP contribution in [0.5, 0.6) is 11.5 Å². The lowest BCUT2D eigenvalue weighted by Crippen LogP contribution is -2.01. The van der Waals surface area contributed by atoms with Gasteiger partial charge < -0.3 is 14.3 Å². The Hall–Kier alpha value is -2.29. The molecule has 2 aromatic rings. The SMILES string of the molecule is COc1cccc(OCc2ccccc2)c1CC=O. The second-order valence-electron chi connectivity index (χ2n) is 4.08. The van der Waals surface area contributed by atoms with Crippen molar-refractivity contribution in [2.75, 3.05) is 7.11 Å². The quantitative estimate of drug-likeness (QED) is 0.745. The van der Waals surface area contributed by atoms with Crippen LogP contribution in [0.2, 0.25) is 0 Å². The molecule has 2 rings (SSSR count). The maximum atomic E-state index is 10.8. The normalized spacial score (nSPS) is 9.95. The molecule has 0 radical (unpaired) electrons. The fourth-order valence-electron chi connectivity index (χ4n) is 1.89. The van der Waals surface area contributed by atoms with Crippen LogP contribution in [0.3, 0.4) is 0 Å². The Morgan fingerprint density at radius 1 is 1.00 bits per heavy atom. The Kier molecular flexibility index (Phi) is 4.56. The van der Waals surface area contributed by atoms with Gasteiger partial charge in [0, 0.05) is 12.0 Å². The zero-order valence-corrected chi connectivity index (χ0v) is 10.8. The van der Waals surface area contributed by atoms with Gasteiger partial charge >= 0.3 is 0 Å². The van der Waals surface area contributed by atoms with Gasteiger partial charge in [-0.15, -0.1) is 0 Å². The lowest BCUT2D eigenvalue weighted by atomic mass is 10.1. The lowest BCUT2D eigenvalue weighted by Gasteiger charge is -2.13. The van der Waals surface area contributed by atoms with Gasteiger partial charge in [0.15, 0.2) is 0 Å². The summed E-state index contributed by atoms with van der Waals surface area (Å²) in [4.78, 5) is 10.8. The van der Waals surface area contributed by atoms with Crippen molar-refractivity contribution in [3.8, 4) is 11.5 Å². The number of aldehydes is 1. The van der Waals surface area contributed by atoms with E-state index in [1.165, 1.54) is 0 Å². The van der Waals surface area contributed by atoms with Gasteiger partial charge in [0.1, 0.15) is 24.4 Å². The average Bonchev–Trinajstić information content (AvgIpc) is 2.47. The Balaban J connectivity index is 2.17. The Morgan fingerprint density at radius 3 is 2.42 bits per heavy atom. The number of ether oxygens (including phenoxy) is 2. The summed E-state index contributed by atoms with van der Waals surface area (Å²) in [6.45, 7) is 0.472. The molecule has 0 amide bonds. The molecule has 0 heterocycles. The van der Waals surface area contributed by atoms with E-state index in [4.69, 9.17) is 9.47 Å². The monoisotopic (exact) mass is 256 g/mol. The molecule has 0 saturated heterocycles. The van der Waals surface area contributed by atoms with Gasteiger partial charge in [-0.3, -0.25) is 0 Å². The van der Waals surface area contributed by atoms with Crippen LogP contribution in [-0.2, 0) is 17.8 Å². The molecule has 0 aliphatic rings. The Labute approximate surface area is 112 Å². The molecule has 0 unspecified atom stereocenters. The Morgan fingerprint density at radius 2 is 1.74 bits per heavy atom. The highest BCUT2D eigenvalue weighted by Gasteiger charge is 2.09. The minimum atomic E-state index is 0.286. The molecule has 3 heteroatoms. The molecule has 0 aliphatic heterocycles. The highest BCUT2D eigenvalue weighted by Crippen LogP contribution is 2.29. The highest BCUT2D eigenvalue weighted by molar-refractivity contribution is 5.61. The first-order valence-electron chi connectivity index (χ1n) is 6.11. The smallest absolute Gasteiger partial charge is 0.127 e. The van der Waals surface area contributed by atoms with Crippen molar-refractivity contribution in [1.29, 1.82) is 0 Å². The average molecular weight is 256 g/mol. The molecule has 0 aromatic heterocycles. The maximum absolute atomic E-state index is 10.8. The molecule has 0 spiro atoms. The molecule has 0 N–H and O–H groups in total. The van der Waals surface area contributed by atoms with Crippen LogP contribution in [0.25, 0.3) is 0 Å². The number of benzene rings is 2. The van der Waals surface area contributed by atoms with E-state index in [1.807, 2.05) is 48.5 Å². The van der Waals surface area contributed by atoms with Gasteiger partial charge in [-0.05, 0) is 17.7 Å². The third-order valence-electron chi connectivity index (χ3n) is 2.83. The van der Waals surface area contributed by atoms with Gasteiger partial charge in [-0.1, -0.05) is 36.4 Å². The predicted octanol–water partition coefficient (Wildman–Crippen LogP) is 3.02. The van der Waals surface area contributed by atoms with E-state index >= 15 is 0 Å². The van der Waals surface area contributed by atoms with Gasteiger partial charge in [0.25, 0.3) is 0 Å². The minimum Gasteiger partial charge on any atom is -0.496 e. The number of rotatable bonds is 6. The van der Waals surface area contributed by atoms with Gasteiger partial charge in [-0.2, -0.15) is 0 Å². The van der Waals surface area contributed by atoms with Crippen molar-refractivity contribution in [3.63, 3.8) is 0 Å². The van der Waals surface area contributed by atoms with E-state index in [9.17, 15) is 4.79 Å². The van der Waals surface area contributed by atoms with Crippen LogP contribution in [-0.4, -0.2) is 13.4 Å². The Bertz CT molecular complexity index is 535. The number of carbonyl (C=O) groups excluding carboxylic acids is 1. The molecular weight excluding hydrogens is 240 g/mol. The molecule has 0 saturated carbocycles. The number of hydrogen-bond donors (Lipinski definition) is 0. The van der Waals surface area contributed by atoms with E-state index in [0.29, 0.717) is 18.1 Å². The van der Waals surface area contributed by atoms with Crippen LogP contribution >= 0.6 is 0 Å². The van der Waals surface area contributed by atoms with E-state index in [2.05, 4.69) is 0 Å². The third-order valence-corrected chi connectivity index (χ3v) is 2.83. The van der Waals surface area contributed by atoms with Crippen molar-refractivity contribution < 1.29 is 14.3 Å². The van der Waals surface area contributed by atoms with Gasteiger partial charge in [-0.25, -0.2) is 0 Å². The molecule has 19 heavy (non-hydrogen) atoms. The summed E-state index contributed by atoms with van der Waals surface area (Å²) < 4.78 is 11.0. The topological polar surface area (TPSA) is 35.5 Å². The summed E-state index contributed by atoms with van der Waals surface area (Å²) in [5, 5.41) is 0. The second-order valence-corrected chi connectivity index (χ2v) is 4.08. The zero-order chi connectivity index (χ0) is 13.5. The van der Waals surface area contributed by atoms with Crippen molar-refractivity contribution in [1.82, 2.24) is 0 Å². The lowest BCUT2D eigenvalue weighted by molar-refractivity contribution is -0.107. The van der Waals surface area contributed by atoms with Crippen LogP contribution in [0.4, 0.5) is 0 Å². The second kappa shape index (κ2) is 6.59. The summed E-state index contributed by atoms with van der Waals surface area (Å²) >= 11 is 0. The molecule has 0 bridgehead atoms. The summed E-state index contributed by atoms with van der Waals surface area (Å²) in [5.41, 5.74) is 1.87. The van der Waals surface area contributed by atoms with Crippen molar-refractivity contribution in [2.24, 2.45) is 0 Å². The maximum Gasteiger partial charge on any atom is 0.127 e. The van der Waals surface area contributed by atoms with Crippen LogP contribution in [0.1, 0.15) is 11.1 Å². The van der Waals surface area contributed by atoms with Gasteiger partial charge in [0.2, 0.25) is 0 Å². The van der Waals surface area contributed by atoms with E-state index < -0.39 is 0 Å². The first kappa shape index (κ1) is 13.1. The standard InChI is InChI=1S/C16H16O3/c1-18-15-8-5-9-16(14(15)10-11-17)19-12-13-6-3-2-4-7-13/h2-9,11H,10,12H2,1H3. The third kappa shape index (κ3) is 3.35. The first-order chi connectivity index (χ1) is 9.35. The molecule has 2 aromatic carbocycles. The molecular formula is C16H16O3. The summed E-state index contributed by atoms with van der Waals surface area (Å²) in [6, 6.07) is 15.4. The summed E-state index contributed by atoms with van der Waals surface area (Å²) in [7, 11) is 1.59. The molecule has 3 nitrogen and oxygen atoms in total. The number of carbonyl (C=O) groups is 1. The number of hydrogen-bond acceptors (Lipinski definition) is 3. The molecule has 0 atom stereocenters. The summed E-state index contributed by atoms with van der Waals surface area (Å²) in [6.07, 6.45) is 1.14. The van der Waals surface area contributed by atoms with Crippen LogP contribution in [0, 0.1) is 0 Å². The van der Waals surface area contributed by atoms with Crippen LogP contribution < -0.4 is 9.47 Å². The number of methoxy groups -OCH3 is 1. The van der Waals surface area contributed by atoms with E-state index in [0.717, 1.165) is 17.4 Å². The van der Waals surface area contributed by atoms with E-state index in [-0.39, 0.29) is 6.42 Å². The zero-order valence-electron chi connectivity index (χ0n) is 10.8. The molecule has 98 valence electrons. The molecule has 0 fully saturated rings. The largest absolute Gasteiger partial charge is 0.496 e. The van der Waals surface area contributed by atoms with Crippen molar-refractivity contribution in [2.45, 2.75) is 13.0 Å². The first-order valence-corrected chi connectivity index (χ1v) is 6.11. The van der Waals surface area contributed by atoms with Gasteiger partial charge in [0.05, 0.1) is 7.11 Å².